The predicted octanol–water partition coefficient (Wildman–Crippen LogP) is 4.68. The van der Waals surface area contributed by atoms with E-state index in [1.807, 2.05) is 25.0 Å². The SMILES string of the molecule is CN=C(NCC1(c2ccc(Br)cc2)CCCC1)N1CCC(c2cnn(C)c2)C1.I. The second-order valence-corrected chi connectivity index (χ2v) is 9.19. The zero-order chi connectivity index (χ0) is 19.6. The summed E-state index contributed by atoms with van der Waals surface area (Å²) in [5.74, 6) is 1.58. The van der Waals surface area contributed by atoms with Crippen molar-refractivity contribution in [1.82, 2.24) is 20.0 Å². The van der Waals surface area contributed by atoms with Crippen LogP contribution in [0.2, 0.25) is 0 Å². The Hall–Kier alpha value is -1.09. The van der Waals surface area contributed by atoms with Gasteiger partial charge in [-0.1, -0.05) is 40.9 Å². The van der Waals surface area contributed by atoms with Crippen molar-refractivity contribution in [1.29, 1.82) is 0 Å². The highest BCUT2D eigenvalue weighted by molar-refractivity contribution is 14.0. The van der Waals surface area contributed by atoms with Crippen LogP contribution in [0.4, 0.5) is 0 Å². The molecule has 1 N–H and O–H groups in total. The van der Waals surface area contributed by atoms with Crippen molar-refractivity contribution < 1.29 is 0 Å². The van der Waals surface area contributed by atoms with Crippen LogP contribution in [0.5, 0.6) is 0 Å². The Balaban J connectivity index is 0.00000240. The van der Waals surface area contributed by atoms with E-state index in [9.17, 15) is 0 Å². The Morgan fingerprint density at radius 1 is 1.28 bits per heavy atom. The molecule has 29 heavy (non-hydrogen) atoms. The topological polar surface area (TPSA) is 45.5 Å². The minimum atomic E-state index is 0. The molecular formula is C22H31BrIN5. The molecule has 158 valence electrons. The molecule has 0 amide bonds. The zero-order valence-corrected chi connectivity index (χ0v) is 21.2. The van der Waals surface area contributed by atoms with Crippen LogP contribution < -0.4 is 5.32 Å². The number of rotatable bonds is 4. The number of halogens is 2. The number of hydrogen-bond donors (Lipinski definition) is 1. The number of likely N-dealkylation sites (tertiary alicyclic amines) is 1. The maximum absolute atomic E-state index is 4.61. The molecule has 2 heterocycles. The fourth-order valence-corrected chi connectivity index (χ4v) is 5.14. The molecule has 7 heteroatoms. The predicted molar refractivity (Wildman–Crippen MR) is 133 cm³/mol. The molecular weight excluding hydrogens is 541 g/mol. The highest BCUT2D eigenvalue weighted by Gasteiger charge is 2.36. The summed E-state index contributed by atoms with van der Waals surface area (Å²) in [6, 6.07) is 8.91. The van der Waals surface area contributed by atoms with Crippen LogP contribution in [0.25, 0.3) is 0 Å². The van der Waals surface area contributed by atoms with Crippen molar-refractivity contribution in [3.8, 4) is 0 Å². The van der Waals surface area contributed by atoms with Gasteiger partial charge < -0.3 is 10.2 Å². The Morgan fingerprint density at radius 3 is 2.62 bits per heavy atom. The summed E-state index contributed by atoms with van der Waals surface area (Å²) in [4.78, 5) is 7.01. The number of aliphatic imine (C=N–C) groups is 1. The van der Waals surface area contributed by atoms with Crippen molar-refractivity contribution in [3.05, 3.63) is 52.3 Å². The molecule has 2 fully saturated rings. The van der Waals surface area contributed by atoms with E-state index in [0.717, 1.165) is 36.5 Å². The van der Waals surface area contributed by atoms with E-state index in [4.69, 9.17) is 0 Å². The average molecular weight is 572 g/mol. The highest BCUT2D eigenvalue weighted by atomic mass is 127. The molecule has 1 saturated heterocycles. The molecule has 1 aromatic heterocycles. The molecule has 5 nitrogen and oxygen atoms in total. The minimum absolute atomic E-state index is 0. The lowest BCUT2D eigenvalue weighted by Gasteiger charge is -2.32. The van der Waals surface area contributed by atoms with Gasteiger partial charge >= 0.3 is 0 Å². The van der Waals surface area contributed by atoms with Gasteiger partial charge in [-0.05, 0) is 42.5 Å². The largest absolute Gasteiger partial charge is 0.355 e. The zero-order valence-electron chi connectivity index (χ0n) is 17.3. The first-order valence-corrected chi connectivity index (χ1v) is 11.1. The molecule has 1 unspecified atom stereocenters. The van der Waals surface area contributed by atoms with Crippen molar-refractivity contribution >= 4 is 45.9 Å². The third-order valence-electron chi connectivity index (χ3n) is 6.50. The van der Waals surface area contributed by atoms with Crippen LogP contribution in [0.15, 0.2) is 46.1 Å². The summed E-state index contributed by atoms with van der Waals surface area (Å²) in [5.41, 5.74) is 3.01. The van der Waals surface area contributed by atoms with E-state index in [-0.39, 0.29) is 29.4 Å². The van der Waals surface area contributed by atoms with Gasteiger partial charge in [-0.25, -0.2) is 0 Å². The number of benzene rings is 1. The van der Waals surface area contributed by atoms with Gasteiger partial charge in [-0.2, -0.15) is 5.10 Å². The Morgan fingerprint density at radius 2 is 2.00 bits per heavy atom. The Bertz CT molecular complexity index is 826. The van der Waals surface area contributed by atoms with Crippen LogP contribution in [-0.4, -0.2) is 47.3 Å². The minimum Gasteiger partial charge on any atom is -0.355 e. The lowest BCUT2D eigenvalue weighted by atomic mass is 9.79. The van der Waals surface area contributed by atoms with Gasteiger partial charge in [-0.15, -0.1) is 24.0 Å². The first kappa shape index (κ1) is 22.6. The Labute approximate surface area is 199 Å². The lowest BCUT2D eigenvalue weighted by molar-refractivity contribution is 0.412. The van der Waals surface area contributed by atoms with Gasteiger partial charge in [0, 0.05) is 55.7 Å². The fourth-order valence-electron chi connectivity index (χ4n) is 4.88. The van der Waals surface area contributed by atoms with Crippen LogP contribution in [0.3, 0.4) is 0 Å². The number of aryl methyl sites for hydroxylation is 1. The Kier molecular flexibility index (Phi) is 7.64. The first-order chi connectivity index (χ1) is 13.6. The maximum atomic E-state index is 4.61. The number of nitrogens with one attached hydrogen (secondary N) is 1. The first-order valence-electron chi connectivity index (χ1n) is 10.3. The molecule has 2 aromatic rings. The molecule has 1 atom stereocenters. The smallest absolute Gasteiger partial charge is 0.193 e. The number of nitrogens with zero attached hydrogens (tertiary/aromatic N) is 4. The summed E-state index contributed by atoms with van der Waals surface area (Å²) >= 11 is 3.57. The lowest BCUT2D eigenvalue weighted by Crippen LogP contribution is -2.46. The third kappa shape index (κ3) is 4.98. The van der Waals surface area contributed by atoms with Crippen molar-refractivity contribution in [2.75, 3.05) is 26.7 Å². The monoisotopic (exact) mass is 571 g/mol. The summed E-state index contributed by atoms with van der Waals surface area (Å²) < 4.78 is 3.04. The molecule has 1 aliphatic heterocycles. The summed E-state index contributed by atoms with van der Waals surface area (Å²) in [6.07, 6.45) is 10.4. The van der Waals surface area contributed by atoms with Gasteiger partial charge in [0.1, 0.15) is 0 Å². The van der Waals surface area contributed by atoms with Crippen molar-refractivity contribution in [2.24, 2.45) is 12.0 Å². The van der Waals surface area contributed by atoms with Crippen LogP contribution in [-0.2, 0) is 12.5 Å². The normalized spacial score (nSPS) is 21.3. The van der Waals surface area contributed by atoms with Gasteiger partial charge in [0.15, 0.2) is 5.96 Å². The van der Waals surface area contributed by atoms with Crippen molar-refractivity contribution in [2.45, 2.75) is 43.4 Å². The molecule has 4 rings (SSSR count). The van der Waals surface area contributed by atoms with Gasteiger partial charge in [0.25, 0.3) is 0 Å². The maximum Gasteiger partial charge on any atom is 0.193 e. The number of aromatic nitrogens is 2. The molecule has 0 bridgehead atoms. The van der Waals surface area contributed by atoms with Crippen molar-refractivity contribution in [3.63, 3.8) is 0 Å². The molecule has 0 radical (unpaired) electrons. The fraction of sp³-hybridized carbons (Fsp3) is 0.545. The van der Waals surface area contributed by atoms with E-state index < -0.39 is 0 Å². The van der Waals surface area contributed by atoms with Gasteiger partial charge in [-0.3, -0.25) is 9.67 Å². The number of guanidine groups is 1. The van der Waals surface area contributed by atoms with E-state index >= 15 is 0 Å². The molecule has 1 aliphatic carbocycles. The molecule has 2 aliphatic rings. The van der Waals surface area contributed by atoms with Gasteiger partial charge in [0.05, 0.1) is 6.20 Å². The van der Waals surface area contributed by atoms with E-state index in [2.05, 4.69) is 66.7 Å². The van der Waals surface area contributed by atoms with Crippen LogP contribution in [0, 0.1) is 0 Å². The second kappa shape index (κ2) is 9.81. The standard InChI is InChI=1S/C22H30BrN5.HI/c1-24-21(28-12-9-17(15-28)18-13-26-27(2)14-18)25-16-22(10-3-4-11-22)19-5-7-20(23)8-6-19;/h5-8,13-14,17H,3-4,9-12,15-16H2,1-2H3,(H,24,25);1H. The molecule has 1 saturated carbocycles. The average Bonchev–Trinajstić information content (AvgIpc) is 3.44. The van der Waals surface area contributed by atoms with E-state index in [0.29, 0.717) is 5.92 Å². The second-order valence-electron chi connectivity index (χ2n) is 8.27. The van der Waals surface area contributed by atoms with Crippen LogP contribution >= 0.6 is 39.9 Å². The third-order valence-corrected chi connectivity index (χ3v) is 7.03. The number of hydrogen-bond acceptors (Lipinski definition) is 2. The summed E-state index contributed by atoms with van der Waals surface area (Å²) in [7, 11) is 3.89. The highest BCUT2D eigenvalue weighted by Crippen LogP contribution is 2.41. The molecule has 0 spiro atoms. The van der Waals surface area contributed by atoms with Crippen LogP contribution in [0.1, 0.15) is 49.1 Å². The molecule has 1 aromatic carbocycles. The quantitative estimate of drug-likeness (QED) is 0.329. The summed E-state index contributed by atoms with van der Waals surface area (Å²) in [6.45, 7) is 3.01. The van der Waals surface area contributed by atoms with E-state index in [1.165, 1.54) is 36.8 Å². The summed E-state index contributed by atoms with van der Waals surface area (Å²) in [5, 5.41) is 8.07. The van der Waals surface area contributed by atoms with Gasteiger partial charge in [0.2, 0.25) is 0 Å². The van der Waals surface area contributed by atoms with E-state index in [1.54, 1.807) is 0 Å².